The Labute approximate surface area is 158 Å². The normalized spacial score (nSPS) is 15.5. The summed E-state index contributed by atoms with van der Waals surface area (Å²) in [5, 5.41) is 6.96. The molecule has 0 bridgehead atoms. The van der Waals surface area contributed by atoms with E-state index in [1.165, 1.54) is 0 Å². The molecule has 1 amide bonds. The topological polar surface area (TPSA) is 58.1 Å². The molecule has 0 spiro atoms. The van der Waals surface area contributed by atoms with Crippen molar-refractivity contribution in [3.8, 4) is 0 Å². The summed E-state index contributed by atoms with van der Waals surface area (Å²) in [6.45, 7) is 1.79. The molecule has 1 saturated heterocycles. The van der Waals surface area contributed by atoms with E-state index in [9.17, 15) is 4.79 Å². The molecule has 25 heavy (non-hydrogen) atoms. The fraction of sp³-hybridized carbons (Fsp3) is 0.278. The molecule has 1 N–H and O–H groups in total. The van der Waals surface area contributed by atoms with Gasteiger partial charge in [0.15, 0.2) is 0 Å². The number of hydrogen-bond acceptors (Lipinski definition) is 5. The Hall–Kier alpha value is -1.99. The van der Waals surface area contributed by atoms with E-state index in [1.807, 2.05) is 35.2 Å². The van der Waals surface area contributed by atoms with Crippen LogP contribution in [-0.2, 0) is 0 Å². The third kappa shape index (κ3) is 3.52. The zero-order valence-corrected chi connectivity index (χ0v) is 15.9. The lowest BCUT2D eigenvalue weighted by Crippen LogP contribution is -2.44. The van der Waals surface area contributed by atoms with E-state index < -0.39 is 0 Å². The van der Waals surface area contributed by atoms with Gasteiger partial charge in [-0.25, -0.2) is 0 Å². The van der Waals surface area contributed by atoms with Crippen LogP contribution in [-0.4, -0.2) is 35.0 Å². The molecule has 4 heterocycles. The highest BCUT2D eigenvalue weighted by atomic mass is 79.9. The smallest absolute Gasteiger partial charge is 0.252 e. The van der Waals surface area contributed by atoms with E-state index in [1.54, 1.807) is 17.5 Å². The first-order chi connectivity index (χ1) is 12.2. The zero-order chi connectivity index (χ0) is 17.2. The largest absolute Gasteiger partial charge is 0.370 e. The summed E-state index contributed by atoms with van der Waals surface area (Å²) in [5.41, 5.74) is 3.67. The van der Waals surface area contributed by atoms with Crippen molar-refractivity contribution in [1.29, 1.82) is 0 Å². The van der Waals surface area contributed by atoms with Crippen LogP contribution >= 0.6 is 27.3 Å². The number of rotatable bonds is 3. The molecule has 3 aromatic rings. The Morgan fingerprint density at radius 2 is 2.12 bits per heavy atom. The van der Waals surface area contributed by atoms with Crippen LogP contribution < -0.4 is 10.2 Å². The Morgan fingerprint density at radius 3 is 2.88 bits per heavy atom. The minimum Gasteiger partial charge on any atom is -0.370 e. The third-order valence-corrected chi connectivity index (χ3v) is 5.59. The second kappa shape index (κ2) is 7.09. The number of carbonyl (C=O) groups is 1. The van der Waals surface area contributed by atoms with Gasteiger partial charge in [-0.1, -0.05) is 0 Å². The molecular weight excluding hydrogens is 400 g/mol. The van der Waals surface area contributed by atoms with Crippen molar-refractivity contribution in [2.75, 3.05) is 18.0 Å². The van der Waals surface area contributed by atoms with Gasteiger partial charge in [-0.3, -0.25) is 14.8 Å². The minimum atomic E-state index is 0.0283. The van der Waals surface area contributed by atoms with Crippen molar-refractivity contribution in [3.63, 3.8) is 0 Å². The third-order valence-electron chi connectivity index (χ3n) is 4.48. The Morgan fingerprint density at radius 1 is 1.28 bits per heavy atom. The quantitative estimate of drug-likeness (QED) is 0.704. The van der Waals surface area contributed by atoms with Crippen LogP contribution in [0.15, 0.2) is 45.8 Å². The molecule has 0 atom stereocenters. The monoisotopic (exact) mass is 416 g/mol. The van der Waals surface area contributed by atoms with Gasteiger partial charge in [0.25, 0.3) is 5.91 Å². The van der Waals surface area contributed by atoms with Gasteiger partial charge in [0.05, 0.1) is 11.2 Å². The van der Waals surface area contributed by atoms with Gasteiger partial charge in [-0.05, 0) is 52.4 Å². The van der Waals surface area contributed by atoms with Crippen LogP contribution in [0.3, 0.4) is 0 Å². The van der Waals surface area contributed by atoms with Crippen molar-refractivity contribution < 1.29 is 4.79 Å². The number of carbonyl (C=O) groups excluding carboxylic acids is 1. The first-order valence-corrected chi connectivity index (χ1v) is 9.92. The van der Waals surface area contributed by atoms with Crippen LogP contribution in [0, 0.1) is 0 Å². The molecule has 0 saturated carbocycles. The van der Waals surface area contributed by atoms with E-state index in [-0.39, 0.29) is 11.9 Å². The van der Waals surface area contributed by atoms with Crippen molar-refractivity contribution in [3.05, 3.63) is 51.4 Å². The fourth-order valence-electron chi connectivity index (χ4n) is 3.17. The van der Waals surface area contributed by atoms with Crippen LogP contribution in [0.1, 0.15) is 23.2 Å². The molecule has 3 aromatic heterocycles. The number of pyridine rings is 2. The highest BCUT2D eigenvalue weighted by Crippen LogP contribution is 2.27. The number of halogens is 1. The fourth-order valence-corrected chi connectivity index (χ4v) is 4.13. The molecule has 0 unspecified atom stereocenters. The van der Waals surface area contributed by atoms with Crippen molar-refractivity contribution in [1.82, 2.24) is 15.3 Å². The summed E-state index contributed by atoms with van der Waals surface area (Å²) in [6.07, 6.45) is 5.49. The van der Waals surface area contributed by atoms with Gasteiger partial charge in [0, 0.05) is 46.9 Å². The van der Waals surface area contributed by atoms with Gasteiger partial charge in [-0.15, -0.1) is 0 Å². The zero-order valence-electron chi connectivity index (χ0n) is 13.5. The lowest BCUT2D eigenvalue weighted by Gasteiger charge is -2.34. The highest BCUT2D eigenvalue weighted by Gasteiger charge is 2.23. The summed E-state index contributed by atoms with van der Waals surface area (Å²) in [7, 11) is 0. The number of fused-ring (bicyclic) bond motifs is 1. The maximum absolute atomic E-state index is 12.2. The van der Waals surface area contributed by atoms with Crippen molar-refractivity contribution >= 4 is 49.9 Å². The molecule has 7 heteroatoms. The number of anilines is 1. The predicted octanol–water partition coefficient (Wildman–Crippen LogP) is 3.85. The maximum atomic E-state index is 12.2. The van der Waals surface area contributed by atoms with E-state index in [2.05, 4.69) is 36.1 Å². The predicted molar refractivity (Wildman–Crippen MR) is 104 cm³/mol. The molecule has 1 aliphatic heterocycles. The summed E-state index contributed by atoms with van der Waals surface area (Å²) in [4.78, 5) is 23.5. The van der Waals surface area contributed by atoms with Gasteiger partial charge in [0.2, 0.25) is 0 Å². The van der Waals surface area contributed by atoms with Crippen LogP contribution in [0.2, 0.25) is 0 Å². The number of hydrogen-bond donors (Lipinski definition) is 1. The van der Waals surface area contributed by atoms with Gasteiger partial charge < -0.3 is 10.2 Å². The number of thiophene rings is 1. The highest BCUT2D eigenvalue weighted by molar-refractivity contribution is 9.10. The van der Waals surface area contributed by atoms with E-state index in [0.717, 1.165) is 52.7 Å². The summed E-state index contributed by atoms with van der Waals surface area (Å²) in [5.74, 6) is 0.0283. The minimum absolute atomic E-state index is 0.0283. The maximum Gasteiger partial charge on any atom is 0.252 e. The lowest BCUT2D eigenvalue weighted by molar-refractivity contribution is 0.0931. The Bertz CT molecular complexity index is 891. The number of aromatic nitrogens is 2. The van der Waals surface area contributed by atoms with E-state index in [0.29, 0.717) is 0 Å². The molecule has 1 fully saturated rings. The molecule has 0 radical (unpaired) electrons. The van der Waals surface area contributed by atoms with Gasteiger partial charge >= 0.3 is 0 Å². The number of piperidine rings is 1. The molecule has 1 aliphatic rings. The lowest BCUT2D eigenvalue weighted by atomic mass is 10.0. The van der Waals surface area contributed by atoms with Crippen LogP contribution in [0.25, 0.3) is 11.0 Å². The average Bonchev–Trinajstić information content (AvgIpc) is 3.16. The second-order valence-corrected chi connectivity index (χ2v) is 7.79. The standard InChI is InChI=1S/C18H17BrN4OS/c19-13-9-15-17(21-10-13)16(1-5-20-15)23-6-2-14(3-7-23)22-18(24)12-4-8-25-11-12/h1,4-5,8-11,14H,2-3,6-7H2,(H,22,24). The SMILES string of the molecule is O=C(NC1CCN(c2ccnc3cc(Br)cnc23)CC1)c1ccsc1. The second-order valence-electron chi connectivity index (χ2n) is 6.10. The molecule has 4 rings (SSSR count). The first kappa shape index (κ1) is 16.5. The van der Waals surface area contributed by atoms with Gasteiger partial charge in [-0.2, -0.15) is 11.3 Å². The van der Waals surface area contributed by atoms with E-state index in [4.69, 9.17) is 0 Å². The van der Waals surface area contributed by atoms with Crippen molar-refractivity contribution in [2.45, 2.75) is 18.9 Å². The molecule has 128 valence electrons. The molecule has 5 nitrogen and oxygen atoms in total. The van der Waals surface area contributed by atoms with Crippen LogP contribution in [0.4, 0.5) is 5.69 Å². The average molecular weight is 417 g/mol. The molecule has 0 aliphatic carbocycles. The number of nitrogens with zero attached hydrogens (tertiary/aromatic N) is 3. The molecule has 0 aromatic carbocycles. The van der Waals surface area contributed by atoms with Crippen molar-refractivity contribution in [2.24, 2.45) is 0 Å². The Kier molecular flexibility index (Phi) is 4.67. The number of nitrogens with one attached hydrogen (secondary N) is 1. The molecular formula is C18H17BrN4OS. The number of amides is 1. The van der Waals surface area contributed by atoms with E-state index >= 15 is 0 Å². The summed E-state index contributed by atoms with van der Waals surface area (Å²) in [6, 6.07) is 6.09. The first-order valence-electron chi connectivity index (χ1n) is 8.19. The Balaban J connectivity index is 1.45. The summed E-state index contributed by atoms with van der Waals surface area (Å²) < 4.78 is 0.930. The van der Waals surface area contributed by atoms with Gasteiger partial charge in [0.1, 0.15) is 5.52 Å². The summed E-state index contributed by atoms with van der Waals surface area (Å²) >= 11 is 4.99. The van der Waals surface area contributed by atoms with Crippen LogP contribution in [0.5, 0.6) is 0 Å².